The number of hydrogen-bond acceptors (Lipinski definition) is 4. The average molecular weight is 289 g/mol. The van der Waals surface area contributed by atoms with E-state index >= 15 is 0 Å². The summed E-state index contributed by atoms with van der Waals surface area (Å²) >= 11 is 0. The fourth-order valence-corrected chi connectivity index (χ4v) is 2.41. The van der Waals surface area contributed by atoms with Gasteiger partial charge in [0, 0.05) is 17.7 Å². The van der Waals surface area contributed by atoms with E-state index in [1.165, 1.54) is 4.90 Å². The standard InChI is InChI=1S/C15H19N3O3/c1-15(2,3)11-8-10(6-7-18(11)14(19)20)13-16-12(17-21-13)9-4-5-9/h6-9,11H,4-5H2,1-3H3,(H,19,20). The Balaban J connectivity index is 1.91. The molecular formula is C15H19N3O3. The van der Waals surface area contributed by atoms with Crippen LogP contribution in [0.3, 0.4) is 0 Å². The molecule has 21 heavy (non-hydrogen) atoms. The highest BCUT2D eigenvalue weighted by atomic mass is 16.5. The third kappa shape index (κ3) is 2.70. The van der Waals surface area contributed by atoms with Gasteiger partial charge >= 0.3 is 6.09 Å². The Kier molecular flexibility index (Phi) is 3.11. The number of amides is 1. The predicted octanol–water partition coefficient (Wildman–Crippen LogP) is 3.25. The monoisotopic (exact) mass is 289 g/mol. The molecule has 1 aliphatic carbocycles. The van der Waals surface area contributed by atoms with Gasteiger partial charge in [-0.05, 0) is 30.4 Å². The molecular weight excluding hydrogens is 270 g/mol. The Morgan fingerprint density at radius 3 is 2.71 bits per heavy atom. The molecule has 0 aromatic carbocycles. The zero-order valence-electron chi connectivity index (χ0n) is 12.4. The molecule has 1 fully saturated rings. The molecule has 1 aromatic heterocycles. The van der Waals surface area contributed by atoms with Crippen molar-refractivity contribution in [2.75, 3.05) is 0 Å². The first kappa shape index (κ1) is 13.9. The number of aromatic nitrogens is 2. The van der Waals surface area contributed by atoms with Crippen LogP contribution in [0.5, 0.6) is 0 Å². The van der Waals surface area contributed by atoms with Crippen LogP contribution in [0.25, 0.3) is 5.57 Å². The van der Waals surface area contributed by atoms with Gasteiger partial charge in [-0.15, -0.1) is 0 Å². The molecule has 0 radical (unpaired) electrons. The van der Waals surface area contributed by atoms with Gasteiger partial charge in [-0.2, -0.15) is 4.98 Å². The molecule has 0 spiro atoms. The van der Waals surface area contributed by atoms with Crippen molar-refractivity contribution in [3.8, 4) is 0 Å². The molecule has 1 saturated carbocycles. The van der Waals surface area contributed by atoms with Crippen LogP contribution in [0.2, 0.25) is 0 Å². The second-order valence-electron chi connectivity index (χ2n) is 6.67. The third-order valence-electron chi connectivity index (χ3n) is 3.79. The summed E-state index contributed by atoms with van der Waals surface area (Å²) in [6.45, 7) is 6.01. The van der Waals surface area contributed by atoms with Gasteiger partial charge in [0.05, 0.1) is 6.04 Å². The van der Waals surface area contributed by atoms with Crippen LogP contribution >= 0.6 is 0 Å². The summed E-state index contributed by atoms with van der Waals surface area (Å²) in [5.74, 6) is 1.66. The summed E-state index contributed by atoms with van der Waals surface area (Å²) < 4.78 is 5.32. The quantitative estimate of drug-likeness (QED) is 0.904. The Labute approximate surface area is 123 Å². The first-order chi connectivity index (χ1) is 9.86. The number of nitrogens with zero attached hydrogens (tertiary/aromatic N) is 3. The highest BCUT2D eigenvalue weighted by molar-refractivity contribution is 5.75. The lowest BCUT2D eigenvalue weighted by molar-refractivity contribution is 0.128. The minimum Gasteiger partial charge on any atom is -0.465 e. The molecule has 2 aliphatic rings. The zero-order chi connectivity index (χ0) is 15.2. The van der Waals surface area contributed by atoms with E-state index < -0.39 is 6.09 Å². The smallest absolute Gasteiger partial charge is 0.411 e. The summed E-state index contributed by atoms with van der Waals surface area (Å²) in [7, 11) is 0. The van der Waals surface area contributed by atoms with Crippen LogP contribution in [0.1, 0.15) is 51.2 Å². The van der Waals surface area contributed by atoms with Crippen LogP contribution in [0, 0.1) is 5.41 Å². The topological polar surface area (TPSA) is 79.5 Å². The molecule has 0 saturated heterocycles. The molecule has 1 atom stereocenters. The van der Waals surface area contributed by atoms with E-state index in [2.05, 4.69) is 10.1 Å². The van der Waals surface area contributed by atoms with E-state index in [-0.39, 0.29) is 11.5 Å². The van der Waals surface area contributed by atoms with Crippen molar-refractivity contribution in [2.45, 2.75) is 45.6 Å². The molecule has 1 N–H and O–H groups in total. The summed E-state index contributed by atoms with van der Waals surface area (Å²) in [6, 6.07) is -0.272. The van der Waals surface area contributed by atoms with Gasteiger partial charge < -0.3 is 9.63 Å². The van der Waals surface area contributed by atoms with E-state index in [1.54, 1.807) is 12.3 Å². The molecule has 1 aliphatic heterocycles. The van der Waals surface area contributed by atoms with Crippen molar-refractivity contribution in [3.05, 3.63) is 30.1 Å². The second kappa shape index (κ2) is 4.72. The fraction of sp³-hybridized carbons (Fsp3) is 0.533. The van der Waals surface area contributed by atoms with E-state index in [4.69, 9.17) is 4.52 Å². The van der Waals surface area contributed by atoms with Gasteiger partial charge in [-0.3, -0.25) is 4.90 Å². The van der Waals surface area contributed by atoms with Crippen LogP contribution in [0.4, 0.5) is 4.79 Å². The maximum Gasteiger partial charge on any atom is 0.411 e. The van der Waals surface area contributed by atoms with Crippen molar-refractivity contribution in [1.29, 1.82) is 0 Å². The molecule has 1 unspecified atom stereocenters. The number of allylic oxidation sites excluding steroid dienone is 2. The van der Waals surface area contributed by atoms with Crippen molar-refractivity contribution >= 4 is 11.7 Å². The van der Waals surface area contributed by atoms with Crippen molar-refractivity contribution in [2.24, 2.45) is 5.41 Å². The summed E-state index contributed by atoms with van der Waals surface area (Å²) in [4.78, 5) is 17.1. The van der Waals surface area contributed by atoms with Gasteiger partial charge in [0.1, 0.15) is 0 Å². The number of hydrogen-bond donors (Lipinski definition) is 1. The molecule has 1 aromatic rings. The van der Waals surface area contributed by atoms with E-state index in [0.29, 0.717) is 11.8 Å². The van der Waals surface area contributed by atoms with Gasteiger partial charge in [-0.1, -0.05) is 25.9 Å². The highest BCUT2D eigenvalue weighted by Gasteiger charge is 2.34. The summed E-state index contributed by atoms with van der Waals surface area (Å²) in [6.07, 6.45) is 6.43. The largest absolute Gasteiger partial charge is 0.465 e. The normalized spacial score (nSPS) is 22.3. The lowest BCUT2D eigenvalue weighted by Gasteiger charge is -2.36. The maximum absolute atomic E-state index is 11.4. The molecule has 2 heterocycles. The van der Waals surface area contributed by atoms with Crippen molar-refractivity contribution < 1.29 is 14.4 Å². The van der Waals surface area contributed by atoms with Gasteiger partial charge in [0.2, 0.25) is 0 Å². The molecule has 1 amide bonds. The minimum absolute atomic E-state index is 0.228. The van der Waals surface area contributed by atoms with Crippen LogP contribution in [0.15, 0.2) is 22.9 Å². The molecule has 0 bridgehead atoms. The van der Waals surface area contributed by atoms with Crippen molar-refractivity contribution in [1.82, 2.24) is 15.0 Å². The Morgan fingerprint density at radius 2 is 2.14 bits per heavy atom. The Hall–Kier alpha value is -2.11. The summed E-state index contributed by atoms with van der Waals surface area (Å²) in [5, 5.41) is 13.3. The Morgan fingerprint density at radius 1 is 1.43 bits per heavy atom. The van der Waals surface area contributed by atoms with E-state index in [9.17, 15) is 9.90 Å². The first-order valence-corrected chi connectivity index (χ1v) is 7.11. The molecule has 6 heteroatoms. The van der Waals surface area contributed by atoms with Crippen LogP contribution < -0.4 is 0 Å². The lowest BCUT2D eigenvalue weighted by atomic mass is 9.83. The fourth-order valence-electron chi connectivity index (χ4n) is 2.41. The van der Waals surface area contributed by atoms with Crippen LogP contribution in [-0.4, -0.2) is 32.3 Å². The number of carbonyl (C=O) groups is 1. The van der Waals surface area contributed by atoms with Gasteiger partial charge in [0.15, 0.2) is 5.82 Å². The van der Waals surface area contributed by atoms with Crippen LogP contribution in [-0.2, 0) is 0 Å². The molecule has 112 valence electrons. The highest BCUT2D eigenvalue weighted by Crippen LogP contribution is 2.39. The Bertz CT molecular complexity index is 620. The average Bonchev–Trinajstić information content (AvgIpc) is 3.15. The second-order valence-corrected chi connectivity index (χ2v) is 6.67. The number of carboxylic acid groups (broad SMARTS) is 1. The third-order valence-corrected chi connectivity index (χ3v) is 3.79. The molecule has 6 nitrogen and oxygen atoms in total. The first-order valence-electron chi connectivity index (χ1n) is 7.11. The van der Waals surface area contributed by atoms with E-state index in [1.807, 2.05) is 26.8 Å². The summed E-state index contributed by atoms with van der Waals surface area (Å²) in [5.41, 5.74) is 0.556. The zero-order valence-corrected chi connectivity index (χ0v) is 12.4. The molecule has 3 rings (SSSR count). The predicted molar refractivity (Wildman–Crippen MR) is 76.5 cm³/mol. The van der Waals surface area contributed by atoms with Gasteiger partial charge in [-0.25, -0.2) is 4.79 Å². The SMILES string of the molecule is CC(C)(C)C1C=C(c2nc(C3CC3)no2)C=CN1C(=O)O. The van der Waals surface area contributed by atoms with E-state index in [0.717, 1.165) is 24.2 Å². The van der Waals surface area contributed by atoms with Crippen molar-refractivity contribution in [3.63, 3.8) is 0 Å². The number of rotatable bonds is 2. The maximum atomic E-state index is 11.4. The minimum atomic E-state index is -0.967. The lowest BCUT2D eigenvalue weighted by Crippen LogP contribution is -2.43. The van der Waals surface area contributed by atoms with Gasteiger partial charge in [0.25, 0.3) is 5.89 Å².